The van der Waals surface area contributed by atoms with E-state index in [2.05, 4.69) is 4.74 Å². The molecule has 0 aromatic carbocycles. The van der Waals surface area contributed by atoms with Crippen LogP contribution >= 0.6 is 0 Å². The monoisotopic (exact) mass is 132 g/mol. The Labute approximate surface area is 52.7 Å². The molecular formula is C5H8O4. The minimum Gasteiger partial charge on any atom is -0.465 e. The highest BCUT2D eigenvalue weighted by atomic mass is 16.7. The van der Waals surface area contributed by atoms with Crippen molar-refractivity contribution in [3.8, 4) is 0 Å². The van der Waals surface area contributed by atoms with Crippen molar-refractivity contribution in [2.45, 2.75) is 6.29 Å². The van der Waals surface area contributed by atoms with Gasteiger partial charge in [0.15, 0.2) is 0 Å². The quantitative estimate of drug-likeness (QED) is 0.452. The molecule has 1 fully saturated rings. The third kappa shape index (κ3) is 1.40. The van der Waals surface area contributed by atoms with Crippen LogP contribution < -0.4 is 0 Å². The van der Waals surface area contributed by atoms with Crippen LogP contribution in [0.25, 0.3) is 0 Å². The van der Waals surface area contributed by atoms with Crippen LogP contribution in [-0.2, 0) is 19.0 Å². The number of carbonyl (C=O) groups excluding carboxylic acids is 1. The van der Waals surface area contributed by atoms with E-state index in [1.807, 2.05) is 0 Å². The van der Waals surface area contributed by atoms with E-state index in [1.165, 1.54) is 7.11 Å². The first-order chi connectivity index (χ1) is 4.34. The second kappa shape index (κ2) is 2.80. The van der Waals surface area contributed by atoms with Gasteiger partial charge in [0, 0.05) is 0 Å². The van der Waals surface area contributed by atoms with Gasteiger partial charge in [-0.1, -0.05) is 0 Å². The molecule has 1 rings (SSSR count). The van der Waals surface area contributed by atoms with E-state index < -0.39 is 12.3 Å². The SMILES string of the molecule is COC(=O)C1OCCO1. The van der Waals surface area contributed by atoms with Gasteiger partial charge in [0.1, 0.15) is 0 Å². The van der Waals surface area contributed by atoms with E-state index in [0.717, 1.165) is 0 Å². The van der Waals surface area contributed by atoms with E-state index in [4.69, 9.17) is 9.47 Å². The molecular weight excluding hydrogens is 124 g/mol. The maximum absolute atomic E-state index is 10.5. The van der Waals surface area contributed by atoms with Gasteiger partial charge in [0.05, 0.1) is 20.3 Å². The molecule has 4 nitrogen and oxygen atoms in total. The molecule has 0 unspecified atom stereocenters. The van der Waals surface area contributed by atoms with Gasteiger partial charge in [-0.2, -0.15) is 0 Å². The standard InChI is InChI=1S/C5H8O4/c1-7-4(6)5-8-2-3-9-5/h5H,2-3H2,1H3. The normalized spacial score (nSPS) is 20.1. The van der Waals surface area contributed by atoms with Crippen LogP contribution in [0.15, 0.2) is 0 Å². The van der Waals surface area contributed by atoms with Crippen LogP contribution in [0.3, 0.4) is 0 Å². The van der Waals surface area contributed by atoms with Crippen molar-refractivity contribution in [1.29, 1.82) is 0 Å². The van der Waals surface area contributed by atoms with Gasteiger partial charge in [0.25, 0.3) is 6.29 Å². The molecule has 1 heterocycles. The molecule has 0 amide bonds. The van der Waals surface area contributed by atoms with E-state index in [-0.39, 0.29) is 0 Å². The minimum absolute atomic E-state index is 0.465. The fraction of sp³-hybridized carbons (Fsp3) is 0.800. The van der Waals surface area contributed by atoms with Gasteiger partial charge in [-0.05, 0) is 0 Å². The van der Waals surface area contributed by atoms with Gasteiger partial charge in [0.2, 0.25) is 0 Å². The Hall–Kier alpha value is -0.610. The first-order valence-electron chi connectivity index (χ1n) is 2.65. The molecule has 52 valence electrons. The Balaban J connectivity index is 2.32. The molecule has 1 aliphatic rings. The largest absolute Gasteiger partial charge is 0.465 e. The van der Waals surface area contributed by atoms with Crippen molar-refractivity contribution in [3.63, 3.8) is 0 Å². The van der Waals surface area contributed by atoms with Gasteiger partial charge in [-0.3, -0.25) is 0 Å². The molecule has 0 aromatic heterocycles. The predicted molar refractivity (Wildman–Crippen MR) is 27.7 cm³/mol. The maximum Gasteiger partial charge on any atom is 0.363 e. The average molecular weight is 132 g/mol. The summed E-state index contributed by atoms with van der Waals surface area (Å²) in [4.78, 5) is 10.5. The summed E-state index contributed by atoms with van der Waals surface area (Å²) in [6.45, 7) is 0.944. The molecule has 0 radical (unpaired) electrons. The lowest BCUT2D eigenvalue weighted by Crippen LogP contribution is -2.22. The van der Waals surface area contributed by atoms with Crippen LogP contribution in [0, 0.1) is 0 Å². The lowest BCUT2D eigenvalue weighted by molar-refractivity contribution is -0.168. The van der Waals surface area contributed by atoms with Crippen molar-refractivity contribution >= 4 is 5.97 Å². The van der Waals surface area contributed by atoms with Crippen molar-refractivity contribution in [2.24, 2.45) is 0 Å². The van der Waals surface area contributed by atoms with Crippen molar-refractivity contribution < 1.29 is 19.0 Å². The van der Waals surface area contributed by atoms with Crippen LogP contribution in [-0.4, -0.2) is 32.6 Å². The summed E-state index contributed by atoms with van der Waals surface area (Å²) in [5.41, 5.74) is 0. The molecule has 0 atom stereocenters. The first kappa shape index (κ1) is 6.51. The summed E-state index contributed by atoms with van der Waals surface area (Å²) < 4.78 is 14.0. The summed E-state index contributed by atoms with van der Waals surface area (Å²) in [6, 6.07) is 0. The number of ether oxygens (including phenoxy) is 3. The number of esters is 1. The summed E-state index contributed by atoms with van der Waals surface area (Å²) in [7, 11) is 1.30. The molecule has 9 heavy (non-hydrogen) atoms. The smallest absolute Gasteiger partial charge is 0.363 e. The molecule has 0 bridgehead atoms. The molecule has 1 aliphatic heterocycles. The summed E-state index contributed by atoms with van der Waals surface area (Å²) >= 11 is 0. The number of rotatable bonds is 1. The minimum atomic E-state index is -0.782. The lowest BCUT2D eigenvalue weighted by atomic mass is 10.7. The third-order valence-electron chi connectivity index (χ3n) is 1.02. The van der Waals surface area contributed by atoms with E-state index in [9.17, 15) is 4.79 Å². The van der Waals surface area contributed by atoms with Crippen LogP contribution in [0.5, 0.6) is 0 Å². The van der Waals surface area contributed by atoms with Gasteiger partial charge in [-0.15, -0.1) is 0 Å². The zero-order valence-electron chi connectivity index (χ0n) is 5.12. The Morgan fingerprint density at radius 3 is 2.56 bits per heavy atom. The highest BCUT2D eigenvalue weighted by Crippen LogP contribution is 2.03. The molecule has 4 heteroatoms. The molecule has 0 aliphatic carbocycles. The van der Waals surface area contributed by atoms with Crippen molar-refractivity contribution in [2.75, 3.05) is 20.3 Å². The van der Waals surface area contributed by atoms with Gasteiger partial charge < -0.3 is 14.2 Å². The second-order valence-electron chi connectivity index (χ2n) is 1.60. The Morgan fingerprint density at radius 1 is 1.56 bits per heavy atom. The zero-order valence-corrected chi connectivity index (χ0v) is 5.12. The van der Waals surface area contributed by atoms with Crippen LogP contribution in [0.4, 0.5) is 0 Å². The number of hydrogen-bond acceptors (Lipinski definition) is 4. The first-order valence-corrected chi connectivity index (χ1v) is 2.65. The third-order valence-corrected chi connectivity index (χ3v) is 1.02. The summed E-state index contributed by atoms with van der Waals surface area (Å²) in [5.74, 6) is -0.465. The summed E-state index contributed by atoms with van der Waals surface area (Å²) in [6.07, 6.45) is -0.782. The lowest BCUT2D eigenvalue weighted by Gasteiger charge is -2.03. The molecule has 0 saturated carbocycles. The van der Waals surface area contributed by atoms with E-state index in [0.29, 0.717) is 13.2 Å². The second-order valence-corrected chi connectivity index (χ2v) is 1.60. The van der Waals surface area contributed by atoms with Crippen molar-refractivity contribution in [3.05, 3.63) is 0 Å². The highest BCUT2D eigenvalue weighted by molar-refractivity contribution is 5.73. The molecule has 1 saturated heterocycles. The van der Waals surface area contributed by atoms with E-state index in [1.54, 1.807) is 0 Å². The average Bonchev–Trinajstić information content (AvgIpc) is 2.37. The maximum atomic E-state index is 10.5. The molecule has 0 N–H and O–H groups in total. The topological polar surface area (TPSA) is 44.8 Å². The Bertz CT molecular complexity index is 106. The molecule has 0 aromatic rings. The molecule has 0 spiro atoms. The fourth-order valence-electron chi connectivity index (χ4n) is 0.591. The zero-order chi connectivity index (χ0) is 6.69. The van der Waals surface area contributed by atoms with Gasteiger partial charge in [-0.25, -0.2) is 4.79 Å². The number of hydrogen-bond donors (Lipinski definition) is 0. The van der Waals surface area contributed by atoms with Crippen molar-refractivity contribution in [1.82, 2.24) is 0 Å². The highest BCUT2D eigenvalue weighted by Gasteiger charge is 2.24. The van der Waals surface area contributed by atoms with Crippen LogP contribution in [0.1, 0.15) is 0 Å². The summed E-state index contributed by atoms with van der Waals surface area (Å²) in [5, 5.41) is 0. The number of carbonyl (C=O) groups is 1. The number of methoxy groups -OCH3 is 1. The van der Waals surface area contributed by atoms with Gasteiger partial charge >= 0.3 is 5.97 Å². The predicted octanol–water partition coefficient (Wildman–Crippen LogP) is -0.468. The fourth-order valence-corrected chi connectivity index (χ4v) is 0.591. The van der Waals surface area contributed by atoms with Crippen LogP contribution in [0.2, 0.25) is 0 Å². The van der Waals surface area contributed by atoms with E-state index >= 15 is 0 Å². The Kier molecular flexibility index (Phi) is 2.02. The Morgan fingerprint density at radius 2 is 2.11 bits per heavy atom.